The highest BCUT2D eigenvalue weighted by atomic mass is 35.5. The number of hydrogen-bond acceptors (Lipinski definition) is 4. The molecule has 2 aromatic carbocycles. The van der Waals surface area contributed by atoms with E-state index in [0.717, 1.165) is 5.56 Å². The molecule has 0 fully saturated rings. The second-order valence-corrected chi connectivity index (χ2v) is 7.73. The van der Waals surface area contributed by atoms with Gasteiger partial charge in [0.25, 0.3) is 0 Å². The number of halogens is 1. The highest BCUT2D eigenvalue weighted by Gasteiger charge is 2.24. The average molecular weight is 354 g/mol. The summed E-state index contributed by atoms with van der Waals surface area (Å²) in [4.78, 5) is 0.216. The lowest BCUT2D eigenvalue weighted by molar-refractivity contribution is 0.174. The van der Waals surface area contributed by atoms with E-state index in [-0.39, 0.29) is 18.2 Å². The monoisotopic (exact) mass is 353 g/mol. The minimum Gasteiger partial charge on any atom is -0.454 e. The number of fused-ring (bicyclic) bond motifs is 1. The van der Waals surface area contributed by atoms with Crippen molar-refractivity contribution in [1.29, 1.82) is 0 Å². The molecule has 0 radical (unpaired) electrons. The highest BCUT2D eigenvalue weighted by molar-refractivity contribution is 7.89. The molecule has 0 aromatic heterocycles. The summed E-state index contributed by atoms with van der Waals surface area (Å²) in [7, 11) is -2.09. The summed E-state index contributed by atoms with van der Waals surface area (Å²) >= 11 is 6.04. The quantitative estimate of drug-likeness (QED) is 0.847. The van der Waals surface area contributed by atoms with Gasteiger partial charge in [0.15, 0.2) is 11.5 Å². The number of benzene rings is 2. The average Bonchev–Trinajstić information content (AvgIpc) is 2.97. The van der Waals surface area contributed by atoms with Crippen LogP contribution in [0.25, 0.3) is 0 Å². The van der Waals surface area contributed by atoms with Crippen LogP contribution in [0.5, 0.6) is 11.5 Å². The molecule has 0 bridgehead atoms. The van der Waals surface area contributed by atoms with Crippen LogP contribution < -0.4 is 9.47 Å². The number of nitrogens with zero attached hydrogens (tertiary/aromatic N) is 1. The first kappa shape index (κ1) is 16.1. The Balaban J connectivity index is 1.87. The molecule has 0 atom stereocenters. The van der Waals surface area contributed by atoms with Gasteiger partial charge in [0.2, 0.25) is 16.8 Å². The summed E-state index contributed by atoms with van der Waals surface area (Å²) < 4.78 is 37.4. The minimum absolute atomic E-state index is 0.189. The van der Waals surface area contributed by atoms with Crippen molar-refractivity contribution in [2.24, 2.45) is 0 Å². The van der Waals surface area contributed by atoms with E-state index in [1.165, 1.54) is 4.31 Å². The van der Waals surface area contributed by atoms with E-state index in [9.17, 15) is 8.42 Å². The lowest BCUT2D eigenvalue weighted by Gasteiger charge is -2.19. The van der Waals surface area contributed by atoms with Gasteiger partial charge < -0.3 is 9.47 Å². The molecule has 0 saturated carbocycles. The molecule has 5 nitrogen and oxygen atoms in total. The number of rotatable bonds is 4. The van der Waals surface area contributed by atoms with Crippen LogP contribution in [-0.2, 0) is 16.6 Å². The van der Waals surface area contributed by atoms with E-state index in [1.54, 1.807) is 44.3 Å². The second kappa shape index (κ2) is 6.03. The van der Waals surface area contributed by atoms with Crippen LogP contribution in [0.4, 0.5) is 0 Å². The zero-order chi connectivity index (χ0) is 16.6. The first-order valence-electron chi connectivity index (χ1n) is 6.99. The Morgan fingerprint density at radius 3 is 2.70 bits per heavy atom. The van der Waals surface area contributed by atoms with Crippen LogP contribution >= 0.6 is 11.6 Å². The van der Waals surface area contributed by atoms with E-state index in [0.29, 0.717) is 22.1 Å². The normalized spacial score (nSPS) is 13.6. The fourth-order valence-electron chi connectivity index (χ4n) is 2.42. The largest absolute Gasteiger partial charge is 0.454 e. The van der Waals surface area contributed by atoms with Crippen LogP contribution in [0.1, 0.15) is 11.1 Å². The molecule has 122 valence electrons. The van der Waals surface area contributed by atoms with Crippen LogP contribution in [0, 0.1) is 6.92 Å². The van der Waals surface area contributed by atoms with E-state index >= 15 is 0 Å². The van der Waals surface area contributed by atoms with Crippen molar-refractivity contribution in [2.75, 3.05) is 13.8 Å². The van der Waals surface area contributed by atoms with Gasteiger partial charge in [-0.2, -0.15) is 4.31 Å². The van der Waals surface area contributed by atoms with Crippen LogP contribution in [0.15, 0.2) is 41.3 Å². The molecular weight excluding hydrogens is 338 g/mol. The van der Waals surface area contributed by atoms with Crippen LogP contribution in [0.3, 0.4) is 0 Å². The van der Waals surface area contributed by atoms with Crippen molar-refractivity contribution in [3.05, 3.63) is 52.5 Å². The zero-order valence-electron chi connectivity index (χ0n) is 12.7. The number of hydrogen-bond donors (Lipinski definition) is 0. The van der Waals surface area contributed by atoms with Crippen LogP contribution in [0.2, 0.25) is 5.02 Å². The molecule has 0 unspecified atom stereocenters. The summed E-state index contributed by atoms with van der Waals surface area (Å²) in [5, 5.41) is 0.433. The second-order valence-electron chi connectivity index (χ2n) is 5.31. The summed E-state index contributed by atoms with van der Waals surface area (Å²) in [6, 6.07) is 10.3. The fraction of sp³-hybridized carbons (Fsp3) is 0.250. The molecule has 0 amide bonds. The lowest BCUT2D eigenvalue weighted by Crippen LogP contribution is -2.27. The molecule has 1 aliphatic rings. The lowest BCUT2D eigenvalue weighted by atomic mass is 10.2. The van der Waals surface area contributed by atoms with E-state index < -0.39 is 10.0 Å². The molecule has 1 heterocycles. The van der Waals surface area contributed by atoms with Gasteiger partial charge in [0, 0.05) is 18.6 Å². The first-order chi connectivity index (χ1) is 10.9. The third kappa shape index (κ3) is 3.02. The van der Waals surface area contributed by atoms with E-state index in [2.05, 4.69) is 0 Å². The Hall–Kier alpha value is -1.76. The molecule has 23 heavy (non-hydrogen) atoms. The molecule has 7 heteroatoms. The topological polar surface area (TPSA) is 55.8 Å². The van der Waals surface area contributed by atoms with Crippen LogP contribution in [-0.4, -0.2) is 26.6 Å². The van der Waals surface area contributed by atoms with Crippen molar-refractivity contribution in [1.82, 2.24) is 4.31 Å². The van der Waals surface area contributed by atoms with E-state index in [4.69, 9.17) is 21.1 Å². The molecule has 0 N–H and O–H groups in total. The third-order valence-corrected chi connectivity index (χ3v) is 6.11. The van der Waals surface area contributed by atoms with Gasteiger partial charge in [0.1, 0.15) is 0 Å². The minimum atomic E-state index is -3.63. The molecule has 0 aliphatic carbocycles. The molecular formula is C16H16ClNO4S. The van der Waals surface area contributed by atoms with Gasteiger partial charge >= 0.3 is 0 Å². The SMILES string of the molecule is Cc1c(Cl)cccc1S(=O)(=O)N(C)Cc1ccc2c(c1)OCO2. The van der Waals surface area contributed by atoms with Gasteiger partial charge in [-0.15, -0.1) is 0 Å². The summed E-state index contributed by atoms with van der Waals surface area (Å²) in [6.07, 6.45) is 0. The maximum absolute atomic E-state index is 12.8. The maximum Gasteiger partial charge on any atom is 0.243 e. The number of ether oxygens (including phenoxy) is 2. The van der Waals surface area contributed by atoms with Crippen molar-refractivity contribution < 1.29 is 17.9 Å². The Bertz CT molecular complexity index is 851. The summed E-state index contributed by atoms with van der Waals surface area (Å²) in [5.41, 5.74) is 1.37. The van der Waals surface area contributed by atoms with Crippen molar-refractivity contribution in [3.8, 4) is 11.5 Å². The Kier molecular flexibility index (Phi) is 4.23. The summed E-state index contributed by atoms with van der Waals surface area (Å²) in [5.74, 6) is 1.30. The molecule has 2 aromatic rings. The van der Waals surface area contributed by atoms with Crippen molar-refractivity contribution in [3.63, 3.8) is 0 Å². The van der Waals surface area contributed by atoms with Gasteiger partial charge in [-0.1, -0.05) is 23.7 Å². The predicted octanol–water partition coefficient (Wildman–Crippen LogP) is 3.20. The smallest absolute Gasteiger partial charge is 0.243 e. The maximum atomic E-state index is 12.8. The highest BCUT2D eigenvalue weighted by Crippen LogP contribution is 2.33. The van der Waals surface area contributed by atoms with Gasteiger partial charge in [-0.3, -0.25) is 0 Å². The van der Waals surface area contributed by atoms with Gasteiger partial charge in [-0.25, -0.2) is 8.42 Å². The Morgan fingerprint density at radius 1 is 1.17 bits per heavy atom. The summed E-state index contributed by atoms with van der Waals surface area (Å²) in [6.45, 7) is 2.11. The van der Waals surface area contributed by atoms with E-state index in [1.807, 2.05) is 6.07 Å². The third-order valence-electron chi connectivity index (χ3n) is 3.75. The Morgan fingerprint density at radius 2 is 1.91 bits per heavy atom. The van der Waals surface area contributed by atoms with Gasteiger partial charge in [-0.05, 0) is 42.3 Å². The molecule has 3 rings (SSSR count). The number of sulfonamides is 1. The first-order valence-corrected chi connectivity index (χ1v) is 8.81. The van der Waals surface area contributed by atoms with Crippen molar-refractivity contribution >= 4 is 21.6 Å². The zero-order valence-corrected chi connectivity index (χ0v) is 14.3. The predicted molar refractivity (Wildman–Crippen MR) is 87.4 cm³/mol. The fourth-order valence-corrected chi connectivity index (χ4v) is 4.05. The molecule has 0 saturated heterocycles. The Labute approximate surface area is 140 Å². The van der Waals surface area contributed by atoms with Gasteiger partial charge in [0.05, 0.1) is 4.90 Å². The molecule has 0 spiro atoms. The van der Waals surface area contributed by atoms with Crippen molar-refractivity contribution in [2.45, 2.75) is 18.4 Å². The molecule has 1 aliphatic heterocycles. The standard InChI is InChI=1S/C16H16ClNO4S/c1-11-13(17)4-3-5-16(11)23(19,20)18(2)9-12-6-7-14-15(8-12)22-10-21-14/h3-8H,9-10H2,1-2H3.